The number of carboxylic acid groups (broad SMARTS) is 3. The number of carbonyl (C=O) groups excluding carboxylic acids is 8. The third-order valence-electron chi connectivity index (χ3n) is 12.3. The van der Waals surface area contributed by atoms with Crippen molar-refractivity contribution in [2.75, 3.05) is 52.4 Å². The monoisotopic (exact) mass is 1110 g/mol. The van der Waals surface area contributed by atoms with Crippen LogP contribution in [0.25, 0.3) is 0 Å². The van der Waals surface area contributed by atoms with Gasteiger partial charge in [-0.1, -0.05) is 102 Å². The normalized spacial score (nSPS) is 12.6. The van der Waals surface area contributed by atoms with Crippen molar-refractivity contribution in [3.05, 3.63) is 71.8 Å². The summed E-state index contributed by atoms with van der Waals surface area (Å²) in [5.74, 6) is -8.70. The summed E-state index contributed by atoms with van der Waals surface area (Å²) in [5.41, 5.74) is 13.3. The summed E-state index contributed by atoms with van der Waals surface area (Å²) < 4.78 is 0. The van der Waals surface area contributed by atoms with Crippen LogP contribution in [0.4, 0.5) is 0 Å². The quantitative estimate of drug-likeness (QED) is 0.0476. The van der Waals surface area contributed by atoms with E-state index in [1.807, 2.05) is 58.0 Å². The molecule has 0 unspecified atom stereocenters. The van der Waals surface area contributed by atoms with E-state index in [1.54, 1.807) is 44.2 Å². The Balaban J connectivity index is 2.54. The van der Waals surface area contributed by atoms with Gasteiger partial charge in [0.15, 0.2) is 0 Å². The zero-order valence-corrected chi connectivity index (χ0v) is 46.7. The fourth-order valence-corrected chi connectivity index (χ4v) is 8.73. The minimum absolute atomic E-state index is 0.0453. The molecule has 0 saturated carbocycles. The van der Waals surface area contributed by atoms with Gasteiger partial charge in [-0.2, -0.15) is 0 Å². The van der Waals surface area contributed by atoms with E-state index in [0.29, 0.717) is 6.42 Å². The van der Waals surface area contributed by atoms with E-state index < -0.39 is 129 Å². The first kappa shape index (κ1) is 67.7. The molecule has 0 saturated heterocycles. The van der Waals surface area contributed by atoms with Crippen LogP contribution in [-0.2, 0) is 65.6 Å². The van der Waals surface area contributed by atoms with E-state index >= 15 is 0 Å². The first-order chi connectivity index (χ1) is 37.2. The highest BCUT2D eigenvalue weighted by molar-refractivity contribution is 5.88. The number of nitrogens with two attached hydrogens (primary N) is 2. The Kier molecular flexibility index (Phi) is 30.7. The van der Waals surface area contributed by atoms with Gasteiger partial charge in [0, 0.05) is 82.8 Å². The molecule has 0 aliphatic heterocycles. The van der Waals surface area contributed by atoms with Gasteiger partial charge in [0.1, 0.15) is 0 Å². The Morgan fingerprint density at radius 3 is 1.33 bits per heavy atom. The third-order valence-corrected chi connectivity index (χ3v) is 12.3. The van der Waals surface area contributed by atoms with Crippen molar-refractivity contribution in [2.45, 2.75) is 143 Å². The highest BCUT2D eigenvalue weighted by Crippen LogP contribution is 2.15. The van der Waals surface area contributed by atoms with Crippen molar-refractivity contribution in [3.8, 4) is 0 Å². The number of nitrogens with zero attached hydrogens (tertiary/aromatic N) is 4. The summed E-state index contributed by atoms with van der Waals surface area (Å²) in [6.07, 6.45) is -1.07. The number of amides is 8. The lowest BCUT2D eigenvalue weighted by Gasteiger charge is -2.32. The van der Waals surface area contributed by atoms with Gasteiger partial charge in [0.05, 0.1) is 38.6 Å². The maximum Gasteiger partial charge on any atom is 0.303 e. The molecule has 10 N–H and O–H groups in total. The number of hydrogen-bond donors (Lipinski definition) is 8. The third kappa shape index (κ3) is 30.3. The Morgan fingerprint density at radius 1 is 0.456 bits per heavy atom. The predicted molar refractivity (Wildman–Crippen MR) is 293 cm³/mol. The van der Waals surface area contributed by atoms with E-state index in [0.717, 1.165) is 20.9 Å². The highest BCUT2D eigenvalue weighted by Gasteiger charge is 2.30. The second kappa shape index (κ2) is 35.9. The number of carbonyl (C=O) groups is 11. The Labute approximate surface area is 463 Å². The number of hydrogen-bond acceptors (Lipinski definition) is 12. The van der Waals surface area contributed by atoms with Crippen LogP contribution in [0, 0.1) is 17.8 Å². The van der Waals surface area contributed by atoms with Crippen LogP contribution in [0.2, 0.25) is 0 Å². The molecule has 23 nitrogen and oxygen atoms in total. The van der Waals surface area contributed by atoms with Gasteiger partial charge < -0.3 is 62.3 Å². The van der Waals surface area contributed by atoms with Gasteiger partial charge >= 0.3 is 17.9 Å². The SMILES string of the molecule is CC(C)CC(=O)N(CC(=O)N[C@@H](Cc1ccccc1)CN(CC(=O)N[C@@H](CC(C)C)CN(CC(=O)N[C@@H](CCC(=O)O)CN(CC(N)=O)C(=O)CC(C)C)C(=O)CCc1ccccc1)C(=O)CCC(=O)O)C[C@@H](N)CCC(=O)O. The van der Waals surface area contributed by atoms with Crippen LogP contribution in [0.15, 0.2) is 60.7 Å². The fraction of sp³-hybridized carbons (Fsp3) is 0.589. The van der Waals surface area contributed by atoms with E-state index in [9.17, 15) is 68.1 Å². The number of benzene rings is 2. The molecular formula is C56H85N9O14. The van der Waals surface area contributed by atoms with Gasteiger partial charge in [-0.15, -0.1) is 0 Å². The topological polar surface area (TPSA) is 350 Å². The fourth-order valence-electron chi connectivity index (χ4n) is 8.73. The molecule has 2 aromatic rings. The van der Waals surface area contributed by atoms with Crippen molar-refractivity contribution >= 4 is 65.2 Å². The average Bonchev–Trinajstić information content (AvgIpc) is 3.35. The highest BCUT2D eigenvalue weighted by atomic mass is 16.4. The van der Waals surface area contributed by atoms with Gasteiger partial charge in [-0.3, -0.25) is 52.7 Å². The number of rotatable bonds is 39. The molecule has 23 heteroatoms. The smallest absolute Gasteiger partial charge is 0.303 e. The molecule has 0 aliphatic rings. The Morgan fingerprint density at radius 2 is 0.861 bits per heavy atom. The molecule has 4 atom stereocenters. The van der Waals surface area contributed by atoms with Crippen LogP contribution >= 0.6 is 0 Å². The first-order valence-corrected chi connectivity index (χ1v) is 27.0. The zero-order valence-electron chi connectivity index (χ0n) is 46.7. The minimum atomic E-state index is -1.27. The van der Waals surface area contributed by atoms with Crippen LogP contribution in [0.5, 0.6) is 0 Å². The lowest BCUT2D eigenvalue weighted by molar-refractivity contribution is -0.142. The average molecular weight is 1110 g/mol. The summed E-state index contributed by atoms with van der Waals surface area (Å²) in [6, 6.07) is 14.5. The van der Waals surface area contributed by atoms with Crippen LogP contribution < -0.4 is 27.4 Å². The van der Waals surface area contributed by atoms with Gasteiger partial charge in [-0.05, 0) is 61.0 Å². The van der Waals surface area contributed by atoms with Crippen molar-refractivity contribution in [1.29, 1.82) is 0 Å². The van der Waals surface area contributed by atoms with Crippen molar-refractivity contribution in [2.24, 2.45) is 29.2 Å². The minimum Gasteiger partial charge on any atom is -0.481 e. The van der Waals surface area contributed by atoms with Crippen LogP contribution in [-0.4, -0.2) is 177 Å². The Bertz CT molecular complexity index is 2320. The van der Waals surface area contributed by atoms with Crippen LogP contribution in [0.1, 0.15) is 117 Å². The summed E-state index contributed by atoms with van der Waals surface area (Å²) in [6.45, 7) is 7.99. The zero-order chi connectivity index (χ0) is 59.2. The summed E-state index contributed by atoms with van der Waals surface area (Å²) >= 11 is 0. The number of primary amides is 1. The lowest BCUT2D eigenvalue weighted by atomic mass is 10.0. The molecule has 0 bridgehead atoms. The van der Waals surface area contributed by atoms with Gasteiger partial charge in [-0.25, -0.2) is 0 Å². The number of carboxylic acids is 3. The molecule has 0 heterocycles. The molecule has 0 radical (unpaired) electrons. The summed E-state index contributed by atoms with van der Waals surface area (Å²) in [5, 5.41) is 36.9. The van der Waals surface area contributed by atoms with Crippen molar-refractivity contribution in [3.63, 3.8) is 0 Å². The maximum atomic E-state index is 14.3. The molecule has 0 fully saturated rings. The van der Waals surface area contributed by atoms with Gasteiger partial charge in [0.25, 0.3) is 0 Å². The van der Waals surface area contributed by atoms with E-state index in [2.05, 4.69) is 16.0 Å². The predicted octanol–water partition coefficient (Wildman–Crippen LogP) is 2.18. The van der Waals surface area contributed by atoms with Gasteiger partial charge in [0.2, 0.25) is 47.3 Å². The molecule has 2 aromatic carbocycles. The second-order valence-electron chi connectivity index (χ2n) is 21.4. The summed E-state index contributed by atoms with van der Waals surface area (Å²) in [4.78, 5) is 149. The molecule has 0 aromatic heterocycles. The van der Waals surface area contributed by atoms with E-state index in [4.69, 9.17) is 11.5 Å². The number of aliphatic carboxylic acids is 3. The van der Waals surface area contributed by atoms with E-state index in [1.165, 1.54) is 9.80 Å². The maximum absolute atomic E-state index is 14.3. The number of aryl methyl sites for hydroxylation is 1. The van der Waals surface area contributed by atoms with Crippen LogP contribution in [0.3, 0.4) is 0 Å². The molecule has 2 rings (SSSR count). The van der Waals surface area contributed by atoms with Crippen molar-refractivity contribution in [1.82, 2.24) is 35.6 Å². The number of nitrogens with one attached hydrogen (secondary N) is 3. The van der Waals surface area contributed by atoms with Crippen molar-refractivity contribution < 1.29 is 68.1 Å². The summed E-state index contributed by atoms with van der Waals surface area (Å²) in [7, 11) is 0. The molecular weight excluding hydrogens is 1020 g/mol. The standard InChI is InChI=1S/C56H85N9O14/c1-37(2)25-44(31-64(50(70)20-17-40-13-9-7-10-14-40)35-47(67)59-43(19-23-55(76)77)30-63(33-46(58)66)53(73)27-39(5)6)60-49(69)36-65(51(71)21-24-56(78)79)32-45(28-41-15-11-8-12-16-41)61-48(68)34-62(52(72)26-38(3)4)29-42(57)18-22-54(74)75/h7-16,37-39,42-45H,17-36,57H2,1-6H3,(H2,58,66)(H,59,67)(H,60,69)(H,61,68)(H,74,75)(H,76,77)(H,78,79)/t42-,43-,44-,45-/m0/s1. The molecule has 438 valence electrons. The molecule has 0 aliphatic carbocycles. The Hall–Kier alpha value is -7.43. The van der Waals surface area contributed by atoms with E-state index in [-0.39, 0.29) is 101 Å². The molecule has 0 spiro atoms. The largest absolute Gasteiger partial charge is 0.481 e. The molecule has 79 heavy (non-hydrogen) atoms. The second-order valence-corrected chi connectivity index (χ2v) is 21.4. The first-order valence-electron chi connectivity index (χ1n) is 27.0. The lowest BCUT2D eigenvalue weighted by Crippen LogP contribution is -2.55. The molecule has 8 amide bonds.